The molecule has 0 unspecified atom stereocenters. The van der Waals surface area contributed by atoms with Crippen LogP contribution in [0.25, 0.3) is 0 Å². The molecule has 0 aliphatic heterocycles. The average molecular weight is 370 g/mol. The molecule has 7 nitrogen and oxygen atoms in total. The third-order valence-corrected chi connectivity index (χ3v) is 2.02. The molecule has 134 valence electrons. The Bertz CT molecular complexity index is 743. The standard InChI is InChI=1S/C12H9F3O4.CH4O3S/c1-18-11-9(14)7(6-8(13)10(11)15)12(17)19-5-3-2-4-16;1-5(2,3)4/h6,16H,4-5H2,1H3;1H3,(H,2,3,4). The molecule has 0 aliphatic rings. The summed E-state index contributed by atoms with van der Waals surface area (Å²) in [5.74, 6) is -2.12. The maximum atomic E-state index is 13.6. The van der Waals surface area contributed by atoms with E-state index in [1.807, 2.05) is 0 Å². The maximum Gasteiger partial charge on any atom is 0.342 e. The topological polar surface area (TPSA) is 110 Å². The van der Waals surface area contributed by atoms with Gasteiger partial charge in [0.2, 0.25) is 5.82 Å². The van der Waals surface area contributed by atoms with Gasteiger partial charge in [-0.15, -0.1) is 0 Å². The second-order valence-electron chi connectivity index (χ2n) is 3.89. The van der Waals surface area contributed by atoms with Crippen molar-refractivity contribution < 1.29 is 45.5 Å². The first-order valence-electron chi connectivity index (χ1n) is 5.90. The second-order valence-corrected chi connectivity index (χ2v) is 5.35. The van der Waals surface area contributed by atoms with Crippen LogP contribution in [0.3, 0.4) is 0 Å². The molecule has 1 aromatic rings. The lowest BCUT2D eigenvalue weighted by Crippen LogP contribution is -2.11. The molecule has 0 atom stereocenters. The number of aliphatic hydroxyl groups excluding tert-OH is 1. The summed E-state index contributed by atoms with van der Waals surface area (Å²) < 4.78 is 74.6. The summed E-state index contributed by atoms with van der Waals surface area (Å²) in [6.45, 7) is -0.842. The summed E-state index contributed by atoms with van der Waals surface area (Å²) in [7, 11) is -2.73. The van der Waals surface area contributed by atoms with Crippen molar-refractivity contribution in [3.8, 4) is 17.6 Å². The molecule has 1 aromatic carbocycles. The van der Waals surface area contributed by atoms with E-state index < -0.39 is 58.1 Å². The average Bonchev–Trinajstić information content (AvgIpc) is 2.46. The Morgan fingerprint density at radius 1 is 1.25 bits per heavy atom. The van der Waals surface area contributed by atoms with E-state index in [9.17, 15) is 26.4 Å². The molecule has 0 spiro atoms. The van der Waals surface area contributed by atoms with Gasteiger partial charge < -0.3 is 14.6 Å². The molecule has 11 heteroatoms. The first-order valence-corrected chi connectivity index (χ1v) is 7.75. The van der Waals surface area contributed by atoms with Crippen molar-refractivity contribution in [1.82, 2.24) is 0 Å². The van der Waals surface area contributed by atoms with Crippen LogP contribution in [-0.4, -0.2) is 50.6 Å². The number of methoxy groups -OCH3 is 1. The lowest BCUT2D eigenvalue weighted by molar-refractivity contribution is 0.0549. The number of ether oxygens (including phenoxy) is 2. The first-order chi connectivity index (χ1) is 11.0. The zero-order valence-corrected chi connectivity index (χ0v) is 13.3. The Balaban J connectivity index is 0.000000922. The smallest absolute Gasteiger partial charge is 0.342 e. The van der Waals surface area contributed by atoms with Gasteiger partial charge in [-0.2, -0.15) is 12.8 Å². The Labute approximate surface area is 135 Å². The van der Waals surface area contributed by atoms with E-state index in [-0.39, 0.29) is 0 Å². The molecule has 0 aliphatic carbocycles. The van der Waals surface area contributed by atoms with Gasteiger partial charge in [0.25, 0.3) is 10.1 Å². The molecular weight excluding hydrogens is 357 g/mol. The molecule has 24 heavy (non-hydrogen) atoms. The van der Waals surface area contributed by atoms with Crippen molar-refractivity contribution >= 4 is 16.1 Å². The number of esters is 1. The minimum absolute atomic E-state index is 0.370. The van der Waals surface area contributed by atoms with Gasteiger partial charge >= 0.3 is 5.97 Å². The predicted molar refractivity (Wildman–Crippen MR) is 75.5 cm³/mol. The lowest BCUT2D eigenvalue weighted by Gasteiger charge is -2.08. The van der Waals surface area contributed by atoms with E-state index in [1.165, 1.54) is 0 Å². The van der Waals surface area contributed by atoms with Crippen molar-refractivity contribution in [2.45, 2.75) is 0 Å². The summed E-state index contributed by atoms with van der Waals surface area (Å²) in [5, 5.41) is 8.35. The molecule has 0 amide bonds. The number of carbonyl (C=O) groups excluding carboxylic acids is 1. The van der Waals surface area contributed by atoms with E-state index in [0.717, 1.165) is 7.11 Å². The highest BCUT2D eigenvalue weighted by Gasteiger charge is 2.24. The van der Waals surface area contributed by atoms with Crippen LogP contribution in [0.2, 0.25) is 0 Å². The number of hydrogen-bond acceptors (Lipinski definition) is 6. The van der Waals surface area contributed by atoms with E-state index in [4.69, 9.17) is 9.66 Å². The number of carbonyl (C=O) groups is 1. The molecule has 1 rings (SSSR count). The zero-order chi connectivity index (χ0) is 18.9. The van der Waals surface area contributed by atoms with Crippen LogP contribution in [0, 0.1) is 29.3 Å². The third-order valence-electron chi connectivity index (χ3n) is 2.02. The van der Waals surface area contributed by atoms with Gasteiger partial charge in [0.15, 0.2) is 24.0 Å². The van der Waals surface area contributed by atoms with Gasteiger partial charge in [0.1, 0.15) is 12.2 Å². The van der Waals surface area contributed by atoms with E-state index in [2.05, 4.69) is 21.3 Å². The quantitative estimate of drug-likeness (QED) is 0.350. The van der Waals surface area contributed by atoms with Crippen LogP contribution in [-0.2, 0) is 14.9 Å². The predicted octanol–water partition coefficient (Wildman–Crippen LogP) is 0.769. The van der Waals surface area contributed by atoms with E-state index >= 15 is 0 Å². The third kappa shape index (κ3) is 7.82. The Hall–Kier alpha value is -2.29. The fourth-order valence-electron chi connectivity index (χ4n) is 1.19. The molecular formula is C13H13F3O7S. The van der Waals surface area contributed by atoms with Crippen LogP contribution in [0.4, 0.5) is 13.2 Å². The second kappa shape index (κ2) is 9.76. The highest BCUT2D eigenvalue weighted by molar-refractivity contribution is 7.85. The molecule has 0 aromatic heterocycles. The fraction of sp³-hybridized carbons (Fsp3) is 0.308. The van der Waals surface area contributed by atoms with Crippen molar-refractivity contribution in [2.75, 3.05) is 26.6 Å². The highest BCUT2D eigenvalue weighted by atomic mass is 32.2. The van der Waals surface area contributed by atoms with Crippen LogP contribution >= 0.6 is 0 Å². The molecule has 0 bridgehead atoms. The Kier molecular flexibility index (Phi) is 8.83. The van der Waals surface area contributed by atoms with Crippen molar-refractivity contribution in [2.24, 2.45) is 0 Å². The SMILES string of the molecule is COc1c(F)c(F)cc(C(=O)OCC#CCO)c1F.CS(=O)(=O)O. The molecule has 0 heterocycles. The van der Waals surface area contributed by atoms with Crippen molar-refractivity contribution in [1.29, 1.82) is 0 Å². The largest absolute Gasteiger partial charge is 0.491 e. The van der Waals surface area contributed by atoms with Gasteiger partial charge in [-0.3, -0.25) is 4.55 Å². The molecule has 0 saturated heterocycles. The summed E-state index contributed by atoms with van der Waals surface area (Å²) in [6, 6.07) is 0.370. The monoisotopic (exact) mass is 370 g/mol. The van der Waals surface area contributed by atoms with Crippen molar-refractivity contribution in [3.63, 3.8) is 0 Å². The van der Waals surface area contributed by atoms with E-state index in [1.54, 1.807) is 0 Å². The van der Waals surface area contributed by atoms with Crippen molar-refractivity contribution in [3.05, 3.63) is 29.1 Å². The first kappa shape index (κ1) is 21.7. The lowest BCUT2D eigenvalue weighted by atomic mass is 10.2. The van der Waals surface area contributed by atoms with Gasteiger partial charge in [0, 0.05) is 0 Å². The van der Waals surface area contributed by atoms with Gasteiger partial charge in [-0.25, -0.2) is 13.6 Å². The number of aliphatic hydroxyl groups is 1. The zero-order valence-electron chi connectivity index (χ0n) is 12.5. The minimum Gasteiger partial charge on any atom is -0.491 e. The van der Waals surface area contributed by atoms with Gasteiger partial charge in [0.05, 0.1) is 13.4 Å². The van der Waals surface area contributed by atoms with E-state index in [0.29, 0.717) is 12.3 Å². The van der Waals surface area contributed by atoms with Crippen LogP contribution in [0.15, 0.2) is 6.07 Å². The van der Waals surface area contributed by atoms with Crippen LogP contribution in [0.5, 0.6) is 5.75 Å². The van der Waals surface area contributed by atoms with Crippen LogP contribution < -0.4 is 4.74 Å². The number of hydrogen-bond donors (Lipinski definition) is 2. The van der Waals surface area contributed by atoms with Gasteiger partial charge in [-0.1, -0.05) is 11.8 Å². The molecule has 0 saturated carbocycles. The normalized spacial score (nSPS) is 9.96. The fourth-order valence-corrected chi connectivity index (χ4v) is 1.19. The summed E-state index contributed by atoms with van der Waals surface area (Å²) in [6.07, 6.45) is 0.715. The molecule has 0 radical (unpaired) electrons. The Morgan fingerprint density at radius 3 is 2.25 bits per heavy atom. The molecule has 0 fully saturated rings. The molecule has 2 N–H and O–H groups in total. The Morgan fingerprint density at radius 2 is 1.79 bits per heavy atom. The number of rotatable bonds is 3. The van der Waals surface area contributed by atoms with Crippen LogP contribution in [0.1, 0.15) is 10.4 Å². The number of halogens is 3. The van der Waals surface area contributed by atoms with Gasteiger partial charge in [-0.05, 0) is 6.07 Å². The maximum absolute atomic E-state index is 13.6. The summed E-state index contributed by atoms with van der Waals surface area (Å²) in [5.41, 5.74) is -0.804. The number of benzene rings is 1. The summed E-state index contributed by atoms with van der Waals surface area (Å²) in [4.78, 5) is 11.4. The highest BCUT2D eigenvalue weighted by Crippen LogP contribution is 2.27. The summed E-state index contributed by atoms with van der Waals surface area (Å²) >= 11 is 0. The minimum atomic E-state index is -3.67.